The van der Waals surface area contributed by atoms with Crippen molar-refractivity contribution in [3.63, 3.8) is 0 Å². The first-order chi connectivity index (χ1) is 14.1. The maximum Gasteiger partial charge on any atom is 0.223 e. The fraction of sp³-hybridized carbons (Fsp3) is 0.636. The van der Waals surface area contributed by atoms with E-state index in [0.717, 1.165) is 56.6 Å². The van der Waals surface area contributed by atoms with Crippen LogP contribution in [-0.4, -0.2) is 42.2 Å². The number of carbonyl (C=O) groups is 1. The molecule has 2 unspecified atom stereocenters. The zero-order valence-corrected chi connectivity index (χ0v) is 17.5. The molecule has 160 valence electrons. The second-order valence-electron chi connectivity index (χ2n) is 7.92. The van der Waals surface area contributed by atoms with Crippen LogP contribution in [-0.2, 0) is 11.3 Å². The zero-order valence-electron chi connectivity index (χ0n) is 17.5. The molecule has 1 aromatic rings. The van der Waals surface area contributed by atoms with Crippen LogP contribution in [0.4, 0.5) is 0 Å². The smallest absolute Gasteiger partial charge is 0.223 e. The zero-order chi connectivity index (χ0) is 20.6. The number of aromatic hydroxyl groups is 1. The van der Waals surface area contributed by atoms with Crippen LogP contribution in [0.2, 0.25) is 0 Å². The molecule has 0 aliphatic heterocycles. The number of nitrogens with one attached hydrogen (secondary N) is 3. The Morgan fingerprint density at radius 1 is 1.17 bits per heavy atom. The van der Waals surface area contributed by atoms with Gasteiger partial charge in [-0.1, -0.05) is 12.5 Å². The highest BCUT2D eigenvalue weighted by Crippen LogP contribution is 2.28. The summed E-state index contributed by atoms with van der Waals surface area (Å²) in [5.74, 6) is 1.69. The molecule has 4 N–H and O–H groups in total. The molecule has 7 nitrogen and oxygen atoms in total. The lowest BCUT2D eigenvalue weighted by atomic mass is 9.85. The van der Waals surface area contributed by atoms with Gasteiger partial charge < -0.3 is 25.8 Å². The van der Waals surface area contributed by atoms with Gasteiger partial charge in [0, 0.05) is 24.5 Å². The highest BCUT2D eigenvalue weighted by molar-refractivity contribution is 5.81. The van der Waals surface area contributed by atoms with Crippen LogP contribution < -0.4 is 20.7 Å². The Kier molecular flexibility index (Phi) is 7.61. The maximum absolute atomic E-state index is 12.4. The van der Waals surface area contributed by atoms with Crippen LogP contribution >= 0.6 is 0 Å². The fourth-order valence-electron chi connectivity index (χ4n) is 3.72. The van der Waals surface area contributed by atoms with Gasteiger partial charge in [-0.15, -0.1) is 0 Å². The normalized spacial score (nSPS) is 22.1. The summed E-state index contributed by atoms with van der Waals surface area (Å²) in [6, 6.07) is 5.98. The Balaban J connectivity index is 1.58. The quantitative estimate of drug-likeness (QED) is 0.396. The SMILES string of the molecule is CCNC(=NCc1ccc(O)c(OCC)c1)NC1CCCC(C(=O)NC2CC2)C1. The van der Waals surface area contributed by atoms with Crippen molar-refractivity contribution in [1.29, 1.82) is 0 Å². The summed E-state index contributed by atoms with van der Waals surface area (Å²) in [5.41, 5.74) is 0.966. The van der Waals surface area contributed by atoms with E-state index in [9.17, 15) is 9.90 Å². The second kappa shape index (κ2) is 10.4. The molecular weight excluding hydrogens is 368 g/mol. The molecule has 2 fully saturated rings. The molecule has 1 aromatic carbocycles. The first-order valence-corrected chi connectivity index (χ1v) is 10.9. The van der Waals surface area contributed by atoms with Crippen molar-refractivity contribution in [3.8, 4) is 11.5 Å². The van der Waals surface area contributed by atoms with Crippen molar-refractivity contribution in [2.45, 2.75) is 71.0 Å². The summed E-state index contributed by atoms with van der Waals surface area (Å²) in [5, 5.41) is 19.8. The minimum Gasteiger partial charge on any atom is -0.504 e. The van der Waals surface area contributed by atoms with Gasteiger partial charge in [0.2, 0.25) is 5.91 Å². The van der Waals surface area contributed by atoms with Crippen LogP contribution in [0.25, 0.3) is 0 Å². The number of aliphatic imine (C=N–C) groups is 1. The molecule has 0 radical (unpaired) electrons. The molecule has 2 aliphatic carbocycles. The molecule has 2 saturated carbocycles. The number of rotatable bonds is 8. The van der Waals surface area contributed by atoms with Crippen LogP contribution in [0.5, 0.6) is 11.5 Å². The van der Waals surface area contributed by atoms with E-state index in [4.69, 9.17) is 9.73 Å². The highest BCUT2D eigenvalue weighted by Gasteiger charge is 2.31. The topological polar surface area (TPSA) is 95.0 Å². The van der Waals surface area contributed by atoms with Gasteiger partial charge in [-0.3, -0.25) is 4.79 Å². The highest BCUT2D eigenvalue weighted by atomic mass is 16.5. The Hall–Kier alpha value is -2.44. The van der Waals surface area contributed by atoms with Crippen molar-refractivity contribution in [1.82, 2.24) is 16.0 Å². The van der Waals surface area contributed by atoms with E-state index in [1.807, 2.05) is 26.0 Å². The Labute approximate surface area is 173 Å². The van der Waals surface area contributed by atoms with Gasteiger partial charge in [-0.05, 0) is 63.6 Å². The number of phenolic OH excluding ortho intramolecular Hbond substituents is 1. The third-order valence-electron chi connectivity index (χ3n) is 5.40. The van der Waals surface area contributed by atoms with Gasteiger partial charge in [0.05, 0.1) is 13.2 Å². The average Bonchev–Trinajstić information content (AvgIpc) is 3.53. The van der Waals surface area contributed by atoms with Crippen LogP contribution in [0.1, 0.15) is 57.9 Å². The number of ether oxygens (including phenoxy) is 1. The molecule has 0 heterocycles. The second-order valence-corrected chi connectivity index (χ2v) is 7.92. The summed E-state index contributed by atoms with van der Waals surface area (Å²) in [6.07, 6.45) is 6.16. The van der Waals surface area contributed by atoms with Crippen molar-refractivity contribution in [2.24, 2.45) is 10.9 Å². The van der Waals surface area contributed by atoms with Gasteiger partial charge in [0.15, 0.2) is 17.5 Å². The molecule has 2 aliphatic rings. The van der Waals surface area contributed by atoms with E-state index in [-0.39, 0.29) is 23.6 Å². The molecule has 0 aromatic heterocycles. The van der Waals surface area contributed by atoms with Gasteiger partial charge >= 0.3 is 0 Å². The van der Waals surface area contributed by atoms with E-state index in [0.29, 0.717) is 24.9 Å². The molecule has 3 rings (SSSR count). The van der Waals surface area contributed by atoms with Crippen LogP contribution in [0, 0.1) is 5.92 Å². The first kappa shape index (κ1) is 21.3. The van der Waals surface area contributed by atoms with Crippen molar-refractivity contribution in [3.05, 3.63) is 23.8 Å². The molecule has 29 heavy (non-hydrogen) atoms. The van der Waals surface area contributed by atoms with Gasteiger partial charge in [0.25, 0.3) is 0 Å². The van der Waals surface area contributed by atoms with E-state index >= 15 is 0 Å². The lowest BCUT2D eigenvalue weighted by molar-refractivity contribution is -0.126. The van der Waals surface area contributed by atoms with Gasteiger partial charge in [-0.25, -0.2) is 4.99 Å². The summed E-state index contributed by atoms with van der Waals surface area (Å²) in [6.45, 7) is 5.68. The minimum absolute atomic E-state index is 0.0931. The molecule has 2 atom stereocenters. The van der Waals surface area contributed by atoms with Crippen LogP contribution in [0.3, 0.4) is 0 Å². The van der Waals surface area contributed by atoms with E-state index in [2.05, 4.69) is 16.0 Å². The molecule has 0 bridgehead atoms. The van der Waals surface area contributed by atoms with Crippen molar-refractivity contribution < 1.29 is 14.6 Å². The van der Waals surface area contributed by atoms with Gasteiger partial charge in [0.1, 0.15) is 0 Å². The van der Waals surface area contributed by atoms with E-state index in [1.54, 1.807) is 6.07 Å². The standard InChI is InChI=1S/C22H34N4O3/c1-3-23-22(24-14-15-8-11-19(27)20(12-15)29-4-2)26-18-7-5-6-16(13-18)21(28)25-17-9-10-17/h8,11-12,16-18,27H,3-7,9-10,13-14H2,1-2H3,(H,25,28)(H2,23,24,26). The van der Waals surface area contributed by atoms with Crippen molar-refractivity contribution >= 4 is 11.9 Å². The Morgan fingerprint density at radius 3 is 2.72 bits per heavy atom. The number of benzene rings is 1. The predicted molar refractivity (Wildman–Crippen MR) is 114 cm³/mol. The summed E-state index contributed by atoms with van der Waals surface area (Å²) >= 11 is 0. The molecule has 1 amide bonds. The monoisotopic (exact) mass is 402 g/mol. The van der Waals surface area contributed by atoms with Crippen LogP contribution in [0.15, 0.2) is 23.2 Å². The Morgan fingerprint density at radius 2 is 2.00 bits per heavy atom. The Bertz CT molecular complexity index is 718. The lowest BCUT2D eigenvalue weighted by Crippen LogP contribution is -2.47. The summed E-state index contributed by atoms with van der Waals surface area (Å²) in [7, 11) is 0. The third-order valence-corrected chi connectivity index (χ3v) is 5.40. The number of hydrogen-bond donors (Lipinski definition) is 4. The van der Waals surface area contributed by atoms with E-state index < -0.39 is 0 Å². The number of guanidine groups is 1. The maximum atomic E-state index is 12.4. The summed E-state index contributed by atoms with van der Waals surface area (Å²) < 4.78 is 5.45. The fourth-order valence-corrected chi connectivity index (χ4v) is 3.72. The van der Waals surface area contributed by atoms with Crippen molar-refractivity contribution in [2.75, 3.05) is 13.2 Å². The average molecular weight is 403 g/mol. The van der Waals surface area contributed by atoms with Gasteiger partial charge in [-0.2, -0.15) is 0 Å². The lowest BCUT2D eigenvalue weighted by Gasteiger charge is -2.30. The molecule has 0 saturated heterocycles. The van der Waals surface area contributed by atoms with E-state index in [1.165, 1.54) is 0 Å². The summed E-state index contributed by atoms with van der Waals surface area (Å²) in [4.78, 5) is 17.1. The number of hydrogen-bond acceptors (Lipinski definition) is 4. The third kappa shape index (κ3) is 6.54. The number of nitrogens with zero attached hydrogens (tertiary/aromatic N) is 1. The number of amides is 1. The largest absolute Gasteiger partial charge is 0.504 e. The number of carbonyl (C=O) groups excluding carboxylic acids is 1. The molecule has 7 heteroatoms. The molecule has 0 spiro atoms. The number of phenols is 1. The minimum atomic E-state index is 0.0931. The predicted octanol–water partition coefficient (Wildman–Crippen LogP) is 2.68. The first-order valence-electron chi connectivity index (χ1n) is 10.9. The molecular formula is C22H34N4O3.